The summed E-state index contributed by atoms with van der Waals surface area (Å²) in [7, 11) is 1.42. The van der Waals surface area contributed by atoms with E-state index < -0.39 is 0 Å². The lowest BCUT2D eigenvalue weighted by atomic mass is 10.1. The number of ether oxygens (including phenoxy) is 2. The second kappa shape index (κ2) is 6.22. The highest BCUT2D eigenvalue weighted by molar-refractivity contribution is 7.15. The lowest BCUT2D eigenvalue weighted by Gasteiger charge is -2.32. The van der Waals surface area contributed by atoms with E-state index in [0.29, 0.717) is 18.9 Å². The molecule has 0 bridgehead atoms. The van der Waals surface area contributed by atoms with Crippen molar-refractivity contribution < 1.29 is 14.3 Å². The van der Waals surface area contributed by atoms with E-state index in [1.807, 2.05) is 0 Å². The van der Waals surface area contributed by atoms with Gasteiger partial charge in [0.25, 0.3) is 0 Å². The lowest BCUT2D eigenvalue weighted by molar-refractivity contribution is -0.145. The van der Waals surface area contributed by atoms with Crippen LogP contribution in [0.25, 0.3) is 4.96 Å². The van der Waals surface area contributed by atoms with Gasteiger partial charge in [0.2, 0.25) is 0 Å². The molecule has 1 aliphatic heterocycles. The average molecular weight is 335 g/mol. The van der Waals surface area contributed by atoms with Crippen LogP contribution in [0.4, 0.5) is 0 Å². The molecule has 0 amide bonds. The van der Waals surface area contributed by atoms with E-state index >= 15 is 0 Å². The van der Waals surface area contributed by atoms with Crippen molar-refractivity contribution in [3.63, 3.8) is 0 Å². The average Bonchev–Trinajstić information content (AvgIpc) is 3.20. The maximum atomic E-state index is 11.5. The van der Waals surface area contributed by atoms with Gasteiger partial charge in [-0.05, 0) is 12.8 Å². The van der Waals surface area contributed by atoms with Crippen LogP contribution in [0.3, 0.4) is 0 Å². The normalized spacial score (nSPS) is 22.6. The molecule has 0 radical (unpaired) electrons. The molecule has 3 heterocycles. The molecule has 0 N–H and O–H groups in total. The number of hydrogen-bond acceptors (Lipinski definition) is 6. The van der Waals surface area contributed by atoms with Crippen molar-refractivity contribution in [2.75, 3.05) is 26.8 Å². The number of nitrogens with zero attached hydrogens (tertiary/aromatic N) is 3. The Morgan fingerprint density at radius 2 is 2.39 bits per heavy atom. The topological polar surface area (TPSA) is 56.1 Å². The van der Waals surface area contributed by atoms with Gasteiger partial charge in [0.15, 0.2) is 4.96 Å². The lowest BCUT2D eigenvalue weighted by Crippen LogP contribution is -2.43. The quantitative estimate of drug-likeness (QED) is 0.783. The Labute approximate surface area is 139 Å². The third-order valence-corrected chi connectivity index (χ3v) is 5.33. The first kappa shape index (κ1) is 15.1. The predicted octanol–water partition coefficient (Wildman–Crippen LogP) is 2.04. The summed E-state index contributed by atoms with van der Waals surface area (Å²) in [6.45, 7) is 3.17. The Morgan fingerprint density at radius 1 is 1.52 bits per heavy atom. The standard InChI is InChI=1S/C16H21N3O3S/c1-21-14(20)8-12-9-18(4-6-22-12)10-13-15(11-2-3-11)17-16-19(13)5-7-23-16/h5,7,11-12H,2-4,6,8-10H2,1H3. The molecule has 1 atom stereocenters. The van der Waals surface area contributed by atoms with Crippen molar-refractivity contribution in [2.45, 2.75) is 37.8 Å². The first-order chi connectivity index (χ1) is 11.2. The fourth-order valence-electron chi connectivity index (χ4n) is 3.22. The molecule has 2 aromatic heterocycles. The van der Waals surface area contributed by atoms with Gasteiger partial charge >= 0.3 is 5.97 Å². The molecule has 0 aromatic carbocycles. The molecular formula is C16H21N3O3S. The molecule has 4 rings (SSSR count). The Kier molecular flexibility index (Phi) is 4.09. The number of aromatic nitrogens is 2. The van der Waals surface area contributed by atoms with Crippen molar-refractivity contribution in [1.82, 2.24) is 14.3 Å². The smallest absolute Gasteiger partial charge is 0.308 e. The van der Waals surface area contributed by atoms with Gasteiger partial charge < -0.3 is 9.47 Å². The largest absolute Gasteiger partial charge is 0.469 e. The van der Waals surface area contributed by atoms with E-state index in [4.69, 9.17) is 14.5 Å². The van der Waals surface area contributed by atoms with Crippen LogP contribution in [-0.4, -0.2) is 53.2 Å². The molecule has 0 spiro atoms. The van der Waals surface area contributed by atoms with Crippen molar-refractivity contribution in [3.05, 3.63) is 23.0 Å². The summed E-state index contributed by atoms with van der Waals surface area (Å²) in [5.41, 5.74) is 2.58. The summed E-state index contributed by atoms with van der Waals surface area (Å²) in [6, 6.07) is 0. The van der Waals surface area contributed by atoms with Gasteiger partial charge in [-0.15, -0.1) is 11.3 Å². The minimum Gasteiger partial charge on any atom is -0.469 e. The highest BCUT2D eigenvalue weighted by Gasteiger charge is 2.32. The Hall–Kier alpha value is -1.44. The summed E-state index contributed by atoms with van der Waals surface area (Å²) in [5.74, 6) is 0.434. The Bertz CT molecular complexity index is 707. The molecule has 1 aliphatic carbocycles. The number of thiazole rings is 1. The molecule has 124 valence electrons. The maximum absolute atomic E-state index is 11.5. The van der Waals surface area contributed by atoms with Crippen LogP contribution in [0.15, 0.2) is 11.6 Å². The third kappa shape index (κ3) is 3.13. The zero-order valence-electron chi connectivity index (χ0n) is 13.2. The predicted molar refractivity (Wildman–Crippen MR) is 86.7 cm³/mol. The number of esters is 1. The van der Waals surface area contributed by atoms with Crippen molar-refractivity contribution in [2.24, 2.45) is 0 Å². The van der Waals surface area contributed by atoms with Crippen LogP contribution >= 0.6 is 11.3 Å². The van der Waals surface area contributed by atoms with E-state index in [1.54, 1.807) is 11.3 Å². The first-order valence-corrected chi connectivity index (χ1v) is 8.97. The van der Waals surface area contributed by atoms with E-state index in [2.05, 4.69) is 20.9 Å². The van der Waals surface area contributed by atoms with Crippen LogP contribution in [0.2, 0.25) is 0 Å². The number of carbonyl (C=O) groups is 1. The van der Waals surface area contributed by atoms with Gasteiger partial charge in [-0.2, -0.15) is 0 Å². The molecule has 2 fully saturated rings. The Morgan fingerprint density at radius 3 is 3.17 bits per heavy atom. The number of morpholine rings is 1. The van der Waals surface area contributed by atoms with E-state index in [9.17, 15) is 4.79 Å². The summed E-state index contributed by atoms with van der Waals surface area (Å²) >= 11 is 1.69. The zero-order valence-corrected chi connectivity index (χ0v) is 14.1. The van der Waals surface area contributed by atoms with Gasteiger partial charge in [0, 0.05) is 37.1 Å². The van der Waals surface area contributed by atoms with Gasteiger partial charge in [-0.1, -0.05) is 0 Å². The number of hydrogen-bond donors (Lipinski definition) is 0. The molecule has 2 aromatic rings. The molecule has 23 heavy (non-hydrogen) atoms. The number of rotatable bonds is 5. The molecule has 6 nitrogen and oxygen atoms in total. The van der Waals surface area contributed by atoms with Gasteiger partial charge in [-0.3, -0.25) is 14.1 Å². The zero-order chi connectivity index (χ0) is 15.8. The number of methoxy groups -OCH3 is 1. The van der Waals surface area contributed by atoms with Gasteiger partial charge in [0.05, 0.1) is 37.6 Å². The summed E-state index contributed by atoms with van der Waals surface area (Å²) in [6.07, 6.45) is 4.87. The fourth-order valence-corrected chi connectivity index (χ4v) is 3.96. The third-order valence-electron chi connectivity index (χ3n) is 4.57. The minimum atomic E-state index is -0.208. The second-order valence-corrected chi connectivity index (χ2v) is 7.15. The maximum Gasteiger partial charge on any atom is 0.308 e. The second-order valence-electron chi connectivity index (χ2n) is 6.28. The van der Waals surface area contributed by atoms with Gasteiger partial charge in [0.1, 0.15) is 0 Å². The van der Waals surface area contributed by atoms with Crippen molar-refractivity contribution in [3.8, 4) is 0 Å². The van der Waals surface area contributed by atoms with Crippen LogP contribution in [0.1, 0.15) is 36.6 Å². The SMILES string of the molecule is COC(=O)CC1CN(Cc2c(C3CC3)nc3sccn23)CCO1. The van der Waals surface area contributed by atoms with Crippen LogP contribution in [-0.2, 0) is 20.8 Å². The monoisotopic (exact) mass is 335 g/mol. The van der Waals surface area contributed by atoms with Crippen molar-refractivity contribution in [1.29, 1.82) is 0 Å². The van der Waals surface area contributed by atoms with Crippen LogP contribution in [0.5, 0.6) is 0 Å². The van der Waals surface area contributed by atoms with Gasteiger partial charge in [-0.25, -0.2) is 4.98 Å². The van der Waals surface area contributed by atoms with Crippen LogP contribution in [0, 0.1) is 0 Å². The minimum absolute atomic E-state index is 0.0774. The highest BCUT2D eigenvalue weighted by Crippen LogP contribution is 2.42. The number of carbonyl (C=O) groups excluding carboxylic acids is 1. The Balaban J connectivity index is 1.50. The number of fused-ring (bicyclic) bond motifs is 1. The van der Waals surface area contributed by atoms with Crippen molar-refractivity contribution >= 4 is 22.3 Å². The molecule has 1 saturated carbocycles. The van der Waals surface area contributed by atoms with E-state index in [1.165, 1.54) is 31.3 Å². The van der Waals surface area contributed by atoms with E-state index in [0.717, 1.165) is 24.6 Å². The summed E-state index contributed by atoms with van der Waals surface area (Å²) in [5, 5.41) is 2.09. The fraction of sp³-hybridized carbons (Fsp3) is 0.625. The molecule has 1 saturated heterocycles. The molecule has 1 unspecified atom stereocenters. The molecule has 7 heteroatoms. The summed E-state index contributed by atoms with van der Waals surface area (Å²) < 4.78 is 12.7. The van der Waals surface area contributed by atoms with Crippen LogP contribution < -0.4 is 0 Å². The first-order valence-electron chi connectivity index (χ1n) is 8.09. The number of imidazole rings is 1. The summed E-state index contributed by atoms with van der Waals surface area (Å²) in [4.78, 5) is 19.7. The molecular weight excluding hydrogens is 314 g/mol. The molecule has 2 aliphatic rings. The highest BCUT2D eigenvalue weighted by atomic mass is 32.1. The van der Waals surface area contributed by atoms with E-state index in [-0.39, 0.29) is 12.1 Å².